The molecule has 0 amide bonds. The molecule has 132 valence electrons. The SMILES string of the molecule is C[C@H](c1ccccc1)N1O[C@H]2CCC[C@@H]3[C@H]2[C@H]1c1cc2ccccc2n13. The molecule has 1 aromatic heterocycles. The van der Waals surface area contributed by atoms with Gasteiger partial charge < -0.3 is 4.57 Å². The molecule has 1 aliphatic carbocycles. The summed E-state index contributed by atoms with van der Waals surface area (Å²) in [7, 11) is 0. The Morgan fingerprint density at radius 1 is 1.00 bits per heavy atom. The van der Waals surface area contributed by atoms with E-state index in [0.717, 1.165) is 0 Å². The van der Waals surface area contributed by atoms with E-state index in [4.69, 9.17) is 4.84 Å². The molecule has 0 unspecified atom stereocenters. The molecule has 3 aromatic rings. The van der Waals surface area contributed by atoms with Gasteiger partial charge in [-0.1, -0.05) is 48.5 Å². The summed E-state index contributed by atoms with van der Waals surface area (Å²) >= 11 is 0. The van der Waals surface area contributed by atoms with Gasteiger partial charge in [0.15, 0.2) is 0 Å². The second-order valence-corrected chi connectivity index (χ2v) is 8.11. The summed E-state index contributed by atoms with van der Waals surface area (Å²) in [5.41, 5.74) is 4.18. The standard InChI is InChI=1S/C23H24N2O/c1-15(16-8-3-2-4-9-16)25-23-20-14-17-10-5-6-11-18(17)24(20)19-12-7-13-21(26-25)22(19)23/h2-6,8-11,14-15,19,21-23H,7,12-13H2,1H3/t15-,19-,21+,22-,23-/m1/s1. The zero-order chi connectivity index (χ0) is 17.3. The van der Waals surface area contributed by atoms with Crippen molar-refractivity contribution in [2.45, 2.75) is 50.4 Å². The van der Waals surface area contributed by atoms with Crippen molar-refractivity contribution >= 4 is 10.9 Å². The van der Waals surface area contributed by atoms with Gasteiger partial charge in [-0.15, -0.1) is 0 Å². The fourth-order valence-corrected chi connectivity index (χ4v) is 5.72. The third-order valence-electron chi connectivity index (χ3n) is 6.83. The molecule has 3 heteroatoms. The highest BCUT2D eigenvalue weighted by Crippen LogP contribution is 2.59. The first-order chi connectivity index (χ1) is 12.8. The van der Waals surface area contributed by atoms with Gasteiger partial charge in [-0.2, -0.15) is 5.06 Å². The van der Waals surface area contributed by atoms with Crippen LogP contribution in [0.2, 0.25) is 0 Å². The first kappa shape index (κ1) is 15.0. The summed E-state index contributed by atoms with van der Waals surface area (Å²) in [5.74, 6) is 0.592. The molecule has 3 nitrogen and oxygen atoms in total. The monoisotopic (exact) mass is 344 g/mol. The van der Waals surface area contributed by atoms with Gasteiger partial charge in [-0.05, 0) is 49.3 Å². The van der Waals surface area contributed by atoms with Crippen LogP contribution in [0.3, 0.4) is 0 Å². The van der Waals surface area contributed by atoms with Gasteiger partial charge in [0.05, 0.1) is 18.2 Å². The van der Waals surface area contributed by atoms with Crippen LogP contribution in [0.1, 0.15) is 55.6 Å². The topological polar surface area (TPSA) is 17.4 Å². The maximum absolute atomic E-state index is 6.59. The van der Waals surface area contributed by atoms with Gasteiger partial charge in [0.25, 0.3) is 0 Å². The van der Waals surface area contributed by atoms with E-state index in [1.165, 1.54) is 41.4 Å². The Balaban J connectivity index is 1.50. The van der Waals surface area contributed by atoms with Crippen LogP contribution < -0.4 is 0 Å². The Bertz CT molecular complexity index is 963. The zero-order valence-electron chi connectivity index (χ0n) is 15.1. The van der Waals surface area contributed by atoms with Crippen molar-refractivity contribution in [3.8, 4) is 0 Å². The first-order valence-electron chi connectivity index (χ1n) is 9.93. The summed E-state index contributed by atoms with van der Waals surface area (Å²) in [6.07, 6.45) is 4.10. The van der Waals surface area contributed by atoms with E-state index in [9.17, 15) is 0 Å². The number of benzene rings is 2. The van der Waals surface area contributed by atoms with E-state index in [2.05, 4.69) is 77.2 Å². The number of rotatable bonds is 2. The van der Waals surface area contributed by atoms with Crippen LogP contribution in [-0.4, -0.2) is 15.7 Å². The van der Waals surface area contributed by atoms with Crippen LogP contribution in [0, 0.1) is 5.92 Å². The lowest BCUT2D eigenvalue weighted by atomic mass is 9.80. The third kappa shape index (κ3) is 1.90. The molecule has 1 saturated heterocycles. The summed E-state index contributed by atoms with van der Waals surface area (Å²) in [4.78, 5) is 6.59. The molecule has 2 aromatic carbocycles. The minimum Gasteiger partial charge on any atom is -0.339 e. The lowest BCUT2D eigenvalue weighted by molar-refractivity contribution is -0.193. The Morgan fingerprint density at radius 3 is 2.69 bits per heavy atom. The largest absolute Gasteiger partial charge is 0.339 e. The number of hydroxylamine groups is 2. The predicted octanol–water partition coefficient (Wildman–Crippen LogP) is 5.41. The highest BCUT2D eigenvalue weighted by molar-refractivity contribution is 5.82. The number of hydrogen-bond acceptors (Lipinski definition) is 2. The van der Waals surface area contributed by atoms with Gasteiger partial charge in [-0.3, -0.25) is 4.84 Å². The van der Waals surface area contributed by atoms with Crippen molar-refractivity contribution < 1.29 is 4.84 Å². The Kier molecular flexibility index (Phi) is 3.14. The normalized spacial score (nSPS) is 31.1. The fraction of sp³-hybridized carbons (Fsp3) is 0.391. The number of aromatic nitrogens is 1. The highest BCUT2D eigenvalue weighted by Gasteiger charge is 2.56. The zero-order valence-corrected chi connectivity index (χ0v) is 15.1. The Hall–Kier alpha value is -2.10. The average molecular weight is 344 g/mol. The van der Waals surface area contributed by atoms with E-state index < -0.39 is 0 Å². The summed E-state index contributed by atoms with van der Waals surface area (Å²) in [6.45, 7) is 2.28. The van der Waals surface area contributed by atoms with E-state index in [0.29, 0.717) is 24.1 Å². The summed E-state index contributed by atoms with van der Waals surface area (Å²) < 4.78 is 2.64. The Labute approximate surface area is 154 Å². The molecule has 3 aliphatic rings. The second kappa shape index (κ2) is 5.45. The molecule has 0 N–H and O–H groups in total. The molecular weight excluding hydrogens is 320 g/mol. The molecule has 5 atom stereocenters. The van der Waals surface area contributed by atoms with Gasteiger partial charge >= 0.3 is 0 Å². The number of nitrogens with zero attached hydrogens (tertiary/aromatic N) is 2. The molecule has 2 fully saturated rings. The maximum atomic E-state index is 6.59. The quantitative estimate of drug-likeness (QED) is 0.618. The van der Waals surface area contributed by atoms with Crippen molar-refractivity contribution in [1.82, 2.24) is 9.63 Å². The van der Waals surface area contributed by atoms with E-state index in [-0.39, 0.29) is 6.04 Å². The van der Waals surface area contributed by atoms with Crippen molar-refractivity contribution in [2.75, 3.05) is 0 Å². The van der Waals surface area contributed by atoms with Gasteiger partial charge in [0, 0.05) is 23.2 Å². The molecule has 26 heavy (non-hydrogen) atoms. The lowest BCUT2D eigenvalue weighted by Gasteiger charge is -2.30. The molecule has 0 bridgehead atoms. The van der Waals surface area contributed by atoms with E-state index >= 15 is 0 Å². The number of para-hydroxylation sites is 1. The molecule has 0 spiro atoms. The van der Waals surface area contributed by atoms with Crippen molar-refractivity contribution in [3.05, 3.63) is 71.9 Å². The van der Waals surface area contributed by atoms with E-state index in [1.807, 2.05) is 0 Å². The molecule has 6 rings (SSSR count). The fourth-order valence-electron chi connectivity index (χ4n) is 5.72. The molecular formula is C23H24N2O. The molecule has 2 aliphatic heterocycles. The number of hydrogen-bond donors (Lipinski definition) is 0. The van der Waals surface area contributed by atoms with Gasteiger partial charge in [0.2, 0.25) is 0 Å². The van der Waals surface area contributed by atoms with Crippen LogP contribution in [0.15, 0.2) is 60.7 Å². The van der Waals surface area contributed by atoms with Gasteiger partial charge in [-0.25, -0.2) is 0 Å². The predicted molar refractivity (Wildman–Crippen MR) is 103 cm³/mol. The average Bonchev–Trinajstić information content (AvgIpc) is 3.34. The number of fused-ring (bicyclic) bond motifs is 5. The molecule has 1 saturated carbocycles. The van der Waals surface area contributed by atoms with Crippen LogP contribution in [-0.2, 0) is 4.84 Å². The molecule has 3 heterocycles. The van der Waals surface area contributed by atoms with Gasteiger partial charge in [0.1, 0.15) is 0 Å². The molecule has 0 radical (unpaired) electrons. The maximum Gasteiger partial charge on any atom is 0.0861 e. The minimum atomic E-state index is 0.261. The van der Waals surface area contributed by atoms with Crippen molar-refractivity contribution in [1.29, 1.82) is 0 Å². The third-order valence-corrected chi connectivity index (χ3v) is 6.83. The highest BCUT2D eigenvalue weighted by atomic mass is 16.7. The van der Waals surface area contributed by atoms with Crippen LogP contribution >= 0.6 is 0 Å². The van der Waals surface area contributed by atoms with Crippen molar-refractivity contribution in [2.24, 2.45) is 5.92 Å². The summed E-state index contributed by atoms with van der Waals surface area (Å²) in [6, 6.07) is 23.3. The Morgan fingerprint density at radius 2 is 1.81 bits per heavy atom. The second-order valence-electron chi connectivity index (χ2n) is 8.11. The first-order valence-corrected chi connectivity index (χ1v) is 9.93. The van der Waals surface area contributed by atoms with Crippen LogP contribution in [0.5, 0.6) is 0 Å². The smallest absolute Gasteiger partial charge is 0.0861 e. The van der Waals surface area contributed by atoms with Crippen LogP contribution in [0.4, 0.5) is 0 Å². The van der Waals surface area contributed by atoms with E-state index in [1.54, 1.807) is 0 Å². The van der Waals surface area contributed by atoms with Crippen LogP contribution in [0.25, 0.3) is 10.9 Å². The summed E-state index contributed by atoms with van der Waals surface area (Å²) in [5, 5.41) is 3.68. The lowest BCUT2D eigenvalue weighted by Crippen LogP contribution is -2.28. The minimum absolute atomic E-state index is 0.261. The van der Waals surface area contributed by atoms with Crippen molar-refractivity contribution in [3.63, 3.8) is 0 Å².